The first-order valence-electron chi connectivity index (χ1n) is 6.48. The average molecular weight is 324 g/mol. The monoisotopic (exact) mass is 324 g/mol. The fraction of sp³-hybridized carbons (Fsp3) is 0.267. The smallest absolute Gasteiger partial charge is 0.474 e. The van der Waals surface area contributed by atoms with E-state index < -0.39 is 23.7 Å². The van der Waals surface area contributed by atoms with E-state index in [9.17, 15) is 18.4 Å². The molecule has 23 heavy (non-hydrogen) atoms. The number of carbonyl (C=O) groups is 2. The molecular weight excluding hydrogens is 310 g/mol. The molecule has 0 fully saturated rings. The molecule has 0 bridgehead atoms. The van der Waals surface area contributed by atoms with Gasteiger partial charge in [0.05, 0.1) is 0 Å². The minimum absolute atomic E-state index is 0.178. The van der Waals surface area contributed by atoms with E-state index in [4.69, 9.17) is 10.4 Å². The van der Waals surface area contributed by atoms with Gasteiger partial charge in [-0.2, -0.15) is 14.0 Å². The summed E-state index contributed by atoms with van der Waals surface area (Å²) >= 11 is 0. The highest BCUT2D eigenvalue weighted by atomic mass is 19.3. The van der Waals surface area contributed by atoms with Gasteiger partial charge >= 0.3 is 12.1 Å². The van der Waals surface area contributed by atoms with E-state index in [-0.39, 0.29) is 17.2 Å². The number of amides is 1. The molecule has 6 nitrogen and oxygen atoms in total. The molecule has 0 heterocycles. The Kier molecular flexibility index (Phi) is 5.79. The van der Waals surface area contributed by atoms with Crippen LogP contribution in [0.15, 0.2) is 29.8 Å². The summed E-state index contributed by atoms with van der Waals surface area (Å²) in [5, 5.41) is 19.8. The molecular formula is C15H14F2N2O4. The predicted octanol–water partition coefficient (Wildman–Crippen LogP) is 2.17. The van der Waals surface area contributed by atoms with Crippen LogP contribution < -0.4 is 10.1 Å². The first-order chi connectivity index (χ1) is 10.7. The SMILES string of the molecule is CC(C)NC(=O)C(C#N)=Cc1cccc(OC(F)(F)C(=O)O)c1. The molecule has 0 aliphatic rings. The van der Waals surface area contributed by atoms with Gasteiger partial charge in [0.15, 0.2) is 0 Å². The van der Waals surface area contributed by atoms with Crippen LogP contribution in [0.5, 0.6) is 5.75 Å². The number of rotatable bonds is 6. The van der Waals surface area contributed by atoms with Crippen molar-refractivity contribution in [3.63, 3.8) is 0 Å². The second kappa shape index (κ2) is 7.35. The number of aliphatic carboxylic acids is 1. The number of nitriles is 1. The molecule has 1 amide bonds. The number of carboxylic acid groups (broad SMARTS) is 1. The summed E-state index contributed by atoms with van der Waals surface area (Å²) in [6.45, 7) is 3.44. The number of benzene rings is 1. The summed E-state index contributed by atoms with van der Waals surface area (Å²) in [5.74, 6) is -3.44. The third-order valence-corrected chi connectivity index (χ3v) is 2.45. The van der Waals surface area contributed by atoms with Gasteiger partial charge in [-0.25, -0.2) is 4.79 Å². The number of alkyl halides is 2. The minimum atomic E-state index is -4.38. The fourth-order valence-electron chi connectivity index (χ4n) is 1.51. The molecule has 0 atom stereocenters. The number of nitrogens with zero attached hydrogens (tertiary/aromatic N) is 1. The molecule has 1 aromatic carbocycles. The number of hydrogen-bond acceptors (Lipinski definition) is 4. The number of halogens is 2. The minimum Gasteiger partial charge on any atom is -0.474 e. The fourth-order valence-corrected chi connectivity index (χ4v) is 1.51. The Morgan fingerprint density at radius 2 is 2.09 bits per heavy atom. The first-order valence-corrected chi connectivity index (χ1v) is 6.48. The number of nitrogens with one attached hydrogen (secondary N) is 1. The lowest BCUT2D eigenvalue weighted by atomic mass is 10.1. The molecule has 1 rings (SSSR count). The summed E-state index contributed by atoms with van der Waals surface area (Å²) in [7, 11) is 0. The maximum absolute atomic E-state index is 13.0. The van der Waals surface area contributed by atoms with Gasteiger partial charge in [-0.15, -0.1) is 0 Å². The topological polar surface area (TPSA) is 99.4 Å². The molecule has 2 N–H and O–H groups in total. The first kappa shape index (κ1) is 18.1. The number of carboxylic acids is 1. The largest absolute Gasteiger partial charge is 0.501 e. The van der Waals surface area contributed by atoms with Crippen LogP contribution in [0.1, 0.15) is 19.4 Å². The van der Waals surface area contributed by atoms with Crippen LogP contribution in [0.25, 0.3) is 6.08 Å². The third-order valence-electron chi connectivity index (χ3n) is 2.45. The van der Waals surface area contributed by atoms with Gasteiger partial charge in [0.1, 0.15) is 17.4 Å². The molecule has 0 spiro atoms. The van der Waals surface area contributed by atoms with E-state index in [0.29, 0.717) is 0 Å². The van der Waals surface area contributed by atoms with E-state index >= 15 is 0 Å². The molecule has 0 aromatic heterocycles. The maximum atomic E-state index is 13.0. The highest BCUT2D eigenvalue weighted by Crippen LogP contribution is 2.23. The van der Waals surface area contributed by atoms with Gasteiger partial charge in [-0.1, -0.05) is 12.1 Å². The summed E-state index contributed by atoms with van der Waals surface area (Å²) in [6.07, 6.45) is -3.20. The molecule has 0 unspecified atom stereocenters. The normalized spacial score (nSPS) is 11.7. The highest BCUT2D eigenvalue weighted by molar-refractivity contribution is 6.01. The van der Waals surface area contributed by atoms with Crippen LogP contribution >= 0.6 is 0 Å². The molecule has 0 saturated heterocycles. The quantitative estimate of drug-likeness (QED) is 0.617. The Morgan fingerprint density at radius 3 is 2.61 bits per heavy atom. The van der Waals surface area contributed by atoms with E-state index in [1.807, 2.05) is 0 Å². The van der Waals surface area contributed by atoms with Crippen molar-refractivity contribution in [2.75, 3.05) is 0 Å². The van der Waals surface area contributed by atoms with Crippen LogP contribution in [-0.2, 0) is 9.59 Å². The van der Waals surface area contributed by atoms with Crippen LogP contribution in [0.4, 0.5) is 8.78 Å². The van der Waals surface area contributed by atoms with Gasteiger partial charge in [0, 0.05) is 6.04 Å². The van der Waals surface area contributed by atoms with Crippen molar-refractivity contribution in [1.82, 2.24) is 5.32 Å². The second-order valence-electron chi connectivity index (χ2n) is 4.79. The van der Waals surface area contributed by atoms with Crippen molar-refractivity contribution in [2.45, 2.75) is 26.0 Å². The van der Waals surface area contributed by atoms with Crippen molar-refractivity contribution in [3.8, 4) is 11.8 Å². The zero-order valence-corrected chi connectivity index (χ0v) is 12.3. The Morgan fingerprint density at radius 1 is 1.43 bits per heavy atom. The number of hydrogen-bond donors (Lipinski definition) is 2. The van der Waals surface area contributed by atoms with Gasteiger partial charge in [0.2, 0.25) is 0 Å². The maximum Gasteiger partial charge on any atom is 0.501 e. The van der Waals surface area contributed by atoms with Crippen molar-refractivity contribution >= 4 is 18.0 Å². The lowest BCUT2D eigenvalue weighted by molar-refractivity contribution is -0.210. The Labute approximate surface area is 131 Å². The lowest BCUT2D eigenvalue weighted by Gasteiger charge is -2.13. The molecule has 122 valence electrons. The van der Waals surface area contributed by atoms with Gasteiger partial charge in [-0.05, 0) is 37.6 Å². The van der Waals surface area contributed by atoms with Crippen molar-refractivity contribution < 1.29 is 28.2 Å². The molecule has 8 heteroatoms. The zero-order chi connectivity index (χ0) is 17.6. The Bertz CT molecular complexity index is 678. The molecule has 0 saturated carbocycles. The summed E-state index contributed by atoms with van der Waals surface area (Å²) in [6, 6.07) is 6.54. The van der Waals surface area contributed by atoms with Gasteiger partial charge in [-0.3, -0.25) is 4.79 Å². The number of ether oxygens (including phenoxy) is 1. The van der Waals surface area contributed by atoms with E-state index in [0.717, 1.165) is 12.1 Å². The molecule has 0 radical (unpaired) electrons. The molecule has 0 aliphatic carbocycles. The van der Waals surface area contributed by atoms with Gasteiger partial charge < -0.3 is 15.2 Å². The molecule has 0 aliphatic heterocycles. The molecule has 1 aromatic rings. The van der Waals surface area contributed by atoms with Crippen molar-refractivity contribution in [3.05, 3.63) is 35.4 Å². The second-order valence-corrected chi connectivity index (χ2v) is 4.79. The average Bonchev–Trinajstić information content (AvgIpc) is 2.43. The van der Waals surface area contributed by atoms with Crippen LogP contribution in [0.3, 0.4) is 0 Å². The zero-order valence-electron chi connectivity index (χ0n) is 12.3. The van der Waals surface area contributed by atoms with Crippen molar-refractivity contribution in [2.24, 2.45) is 0 Å². The number of carbonyl (C=O) groups excluding carboxylic acids is 1. The van der Waals surface area contributed by atoms with Crippen LogP contribution in [-0.4, -0.2) is 29.1 Å². The van der Waals surface area contributed by atoms with Crippen LogP contribution in [0, 0.1) is 11.3 Å². The highest BCUT2D eigenvalue weighted by Gasteiger charge is 2.42. The van der Waals surface area contributed by atoms with Crippen LogP contribution in [0.2, 0.25) is 0 Å². The Hall–Kier alpha value is -2.95. The predicted molar refractivity (Wildman–Crippen MR) is 76.5 cm³/mol. The van der Waals surface area contributed by atoms with Crippen molar-refractivity contribution in [1.29, 1.82) is 5.26 Å². The van der Waals surface area contributed by atoms with Gasteiger partial charge in [0.25, 0.3) is 5.91 Å². The lowest BCUT2D eigenvalue weighted by Crippen LogP contribution is -2.34. The standard InChI is InChI=1S/C15H14F2N2O4/c1-9(2)19-13(20)11(8-18)6-10-4-3-5-12(7-10)23-15(16,17)14(21)22/h3-7,9H,1-2H3,(H,19,20)(H,21,22). The third kappa shape index (κ3) is 5.39. The van der Waals surface area contributed by atoms with E-state index in [1.165, 1.54) is 18.2 Å². The summed E-state index contributed by atoms with van der Waals surface area (Å²) < 4.78 is 30.1. The summed E-state index contributed by atoms with van der Waals surface area (Å²) in [4.78, 5) is 22.1. The Balaban J connectivity index is 3.04. The summed E-state index contributed by atoms with van der Waals surface area (Å²) in [5.41, 5.74) is 0.0139. The van der Waals surface area contributed by atoms with E-state index in [2.05, 4.69) is 10.1 Å². The van der Waals surface area contributed by atoms with E-state index in [1.54, 1.807) is 19.9 Å².